The average Bonchev–Trinajstić information content (AvgIpc) is 2.70. The van der Waals surface area contributed by atoms with Crippen LogP contribution in [0.3, 0.4) is 0 Å². The Kier molecular flexibility index (Phi) is 6.42. The van der Waals surface area contributed by atoms with Crippen LogP contribution in [0.1, 0.15) is 45.4 Å². The van der Waals surface area contributed by atoms with Crippen molar-refractivity contribution in [3.63, 3.8) is 0 Å². The van der Waals surface area contributed by atoms with Gasteiger partial charge in [0.05, 0.1) is 12.6 Å². The van der Waals surface area contributed by atoms with E-state index in [1.165, 1.54) is 12.8 Å². The number of hydrogen-bond acceptors (Lipinski definition) is 3. The standard InChI is InChI=1S/C12H24N2O2/c1-2-5-11(15)8-13-9-12(16)14-10-6-3-4-7-10/h10-11,13,15H,2-9H2,1H3,(H,14,16). The van der Waals surface area contributed by atoms with Crippen LogP contribution in [0.4, 0.5) is 0 Å². The number of aliphatic hydroxyl groups is 1. The largest absolute Gasteiger partial charge is 0.392 e. The smallest absolute Gasteiger partial charge is 0.234 e. The molecule has 0 bridgehead atoms. The zero-order valence-corrected chi connectivity index (χ0v) is 10.2. The Bertz CT molecular complexity index is 203. The maximum atomic E-state index is 11.5. The highest BCUT2D eigenvalue weighted by molar-refractivity contribution is 5.78. The third-order valence-corrected chi connectivity index (χ3v) is 3.01. The zero-order chi connectivity index (χ0) is 11.8. The maximum absolute atomic E-state index is 11.5. The van der Waals surface area contributed by atoms with E-state index in [0.29, 0.717) is 19.1 Å². The molecule has 16 heavy (non-hydrogen) atoms. The Morgan fingerprint density at radius 3 is 2.75 bits per heavy atom. The minimum Gasteiger partial charge on any atom is -0.392 e. The molecule has 1 aliphatic carbocycles. The van der Waals surface area contributed by atoms with Gasteiger partial charge in [0.1, 0.15) is 0 Å². The molecule has 1 amide bonds. The van der Waals surface area contributed by atoms with Gasteiger partial charge in [0.25, 0.3) is 0 Å². The van der Waals surface area contributed by atoms with Crippen molar-refractivity contribution in [1.82, 2.24) is 10.6 Å². The Morgan fingerprint density at radius 2 is 2.12 bits per heavy atom. The molecule has 0 saturated heterocycles. The molecule has 0 heterocycles. The molecule has 4 nitrogen and oxygen atoms in total. The molecule has 1 aliphatic rings. The van der Waals surface area contributed by atoms with Crippen LogP contribution in [0.2, 0.25) is 0 Å². The first-order chi connectivity index (χ1) is 7.72. The van der Waals surface area contributed by atoms with Crippen molar-refractivity contribution in [2.45, 2.75) is 57.6 Å². The van der Waals surface area contributed by atoms with Gasteiger partial charge in [0.2, 0.25) is 5.91 Å². The Morgan fingerprint density at radius 1 is 1.44 bits per heavy atom. The lowest BCUT2D eigenvalue weighted by molar-refractivity contribution is -0.120. The molecule has 3 N–H and O–H groups in total. The summed E-state index contributed by atoms with van der Waals surface area (Å²) in [5.74, 6) is 0.0515. The first-order valence-electron chi connectivity index (χ1n) is 6.40. The summed E-state index contributed by atoms with van der Waals surface area (Å²) < 4.78 is 0. The summed E-state index contributed by atoms with van der Waals surface area (Å²) in [5.41, 5.74) is 0. The molecule has 1 saturated carbocycles. The monoisotopic (exact) mass is 228 g/mol. The van der Waals surface area contributed by atoms with Gasteiger partial charge in [-0.25, -0.2) is 0 Å². The van der Waals surface area contributed by atoms with Gasteiger partial charge >= 0.3 is 0 Å². The van der Waals surface area contributed by atoms with Crippen LogP contribution < -0.4 is 10.6 Å². The molecular formula is C12H24N2O2. The highest BCUT2D eigenvalue weighted by Crippen LogP contribution is 2.17. The fraction of sp³-hybridized carbons (Fsp3) is 0.917. The summed E-state index contributed by atoms with van der Waals surface area (Å²) in [6, 6.07) is 0.384. The van der Waals surface area contributed by atoms with Crippen LogP contribution in [-0.4, -0.2) is 36.2 Å². The second-order valence-corrected chi connectivity index (χ2v) is 4.62. The number of nitrogens with one attached hydrogen (secondary N) is 2. The lowest BCUT2D eigenvalue weighted by Crippen LogP contribution is -2.41. The minimum atomic E-state index is -0.329. The van der Waals surface area contributed by atoms with E-state index in [2.05, 4.69) is 10.6 Å². The Labute approximate surface area is 97.8 Å². The minimum absolute atomic E-state index is 0.0515. The topological polar surface area (TPSA) is 61.4 Å². The van der Waals surface area contributed by atoms with Crippen molar-refractivity contribution in [2.24, 2.45) is 0 Å². The van der Waals surface area contributed by atoms with E-state index in [-0.39, 0.29) is 12.0 Å². The number of amides is 1. The molecule has 0 aliphatic heterocycles. The molecule has 1 fully saturated rings. The van der Waals surface area contributed by atoms with Crippen molar-refractivity contribution in [2.75, 3.05) is 13.1 Å². The van der Waals surface area contributed by atoms with Gasteiger partial charge in [-0.3, -0.25) is 4.79 Å². The summed E-state index contributed by atoms with van der Waals surface area (Å²) in [7, 11) is 0. The van der Waals surface area contributed by atoms with Crippen LogP contribution in [0, 0.1) is 0 Å². The SMILES string of the molecule is CCCC(O)CNCC(=O)NC1CCCC1. The van der Waals surface area contributed by atoms with Gasteiger partial charge < -0.3 is 15.7 Å². The molecule has 1 atom stereocenters. The fourth-order valence-electron chi connectivity index (χ4n) is 2.14. The van der Waals surface area contributed by atoms with E-state index in [1.807, 2.05) is 6.92 Å². The van der Waals surface area contributed by atoms with E-state index >= 15 is 0 Å². The van der Waals surface area contributed by atoms with E-state index in [9.17, 15) is 9.90 Å². The lowest BCUT2D eigenvalue weighted by Gasteiger charge is -2.13. The first-order valence-corrected chi connectivity index (χ1v) is 6.40. The molecular weight excluding hydrogens is 204 g/mol. The van der Waals surface area contributed by atoms with Gasteiger partial charge in [-0.2, -0.15) is 0 Å². The predicted molar refractivity (Wildman–Crippen MR) is 64.2 cm³/mol. The van der Waals surface area contributed by atoms with Crippen LogP contribution in [0.15, 0.2) is 0 Å². The molecule has 0 radical (unpaired) electrons. The van der Waals surface area contributed by atoms with E-state index in [1.54, 1.807) is 0 Å². The molecule has 94 valence electrons. The van der Waals surface area contributed by atoms with Crippen LogP contribution in [0.25, 0.3) is 0 Å². The summed E-state index contributed by atoms with van der Waals surface area (Å²) >= 11 is 0. The summed E-state index contributed by atoms with van der Waals surface area (Å²) in [6.07, 6.45) is 6.12. The number of aliphatic hydroxyl groups excluding tert-OH is 1. The zero-order valence-electron chi connectivity index (χ0n) is 10.2. The Balaban J connectivity index is 2.01. The molecule has 0 aromatic heterocycles. The third kappa shape index (κ3) is 5.47. The molecule has 0 aromatic carbocycles. The number of carbonyl (C=O) groups is 1. The van der Waals surface area contributed by atoms with E-state index in [4.69, 9.17) is 0 Å². The van der Waals surface area contributed by atoms with Crippen molar-refractivity contribution < 1.29 is 9.90 Å². The van der Waals surface area contributed by atoms with Crippen LogP contribution in [0.5, 0.6) is 0 Å². The van der Waals surface area contributed by atoms with Gasteiger partial charge in [-0.1, -0.05) is 26.2 Å². The summed E-state index contributed by atoms with van der Waals surface area (Å²) in [4.78, 5) is 11.5. The number of hydrogen-bond donors (Lipinski definition) is 3. The van der Waals surface area contributed by atoms with E-state index in [0.717, 1.165) is 25.7 Å². The molecule has 0 aromatic rings. The molecule has 1 unspecified atom stereocenters. The molecule has 4 heteroatoms. The number of rotatable bonds is 7. The predicted octanol–water partition coefficient (Wildman–Crippen LogP) is 0.796. The Hall–Kier alpha value is -0.610. The van der Waals surface area contributed by atoms with Gasteiger partial charge in [-0.15, -0.1) is 0 Å². The summed E-state index contributed by atoms with van der Waals surface area (Å²) in [6.45, 7) is 2.86. The van der Waals surface area contributed by atoms with Crippen molar-refractivity contribution >= 4 is 5.91 Å². The maximum Gasteiger partial charge on any atom is 0.234 e. The normalized spacial score (nSPS) is 18.6. The van der Waals surface area contributed by atoms with Crippen molar-refractivity contribution in [1.29, 1.82) is 0 Å². The highest BCUT2D eigenvalue weighted by atomic mass is 16.3. The number of carbonyl (C=O) groups excluding carboxylic acids is 1. The van der Waals surface area contributed by atoms with Gasteiger partial charge in [0, 0.05) is 12.6 Å². The van der Waals surface area contributed by atoms with E-state index < -0.39 is 0 Å². The van der Waals surface area contributed by atoms with Crippen molar-refractivity contribution in [3.05, 3.63) is 0 Å². The average molecular weight is 228 g/mol. The first kappa shape index (κ1) is 13.5. The van der Waals surface area contributed by atoms with Gasteiger partial charge in [0.15, 0.2) is 0 Å². The second-order valence-electron chi connectivity index (χ2n) is 4.62. The second kappa shape index (κ2) is 7.63. The van der Waals surface area contributed by atoms with Gasteiger partial charge in [-0.05, 0) is 19.3 Å². The van der Waals surface area contributed by atoms with Crippen LogP contribution in [-0.2, 0) is 4.79 Å². The quantitative estimate of drug-likeness (QED) is 0.604. The third-order valence-electron chi connectivity index (χ3n) is 3.01. The highest BCUT2D eigenvalue weighted by Gasteiger charge is 2.16. The fourth-order valence-corrected chi connectivity index (χ4v) is 2.14. The van der Waals surface area contributed by atoms with Crippen LogP contribution >= 0.6 is 0 Å². The molecule has 1 rings (SSSR count). The lowest BCUT2D eigenvalue weighted by atomic mass is 10.2. The molecule has 0 spiro atoms. The van der Waals surface area contributed by atoms with Crippen molar-refractivity contribution in [3.8, 4) is 0 Å². The summed E-state index contributed by atoms with van der Waals surface area (Å²) in [5, 5.41) is 15.4.